The topological polar surface area (TPSA) is 32.3 Å². The van der Waals surface area contributed by atoms with Crippen LogP contribution in [0.25, 0.3) is 0 Å². The summed E-state index contributed by atoms with van der Waals surface area (Å²) in [7, 11) is 0. The molecule has 1 saturated heterocycles. The van der Waals surface area contributed by atoms with Crippen molar-refractivity contribution in [3.8, 4) is 0 Å². The van der Waals surface area contributed by atoms with Crippen LogP contribution >= 0.6 is 11.8 Å². The van der Waals surface area contributed by atoms with E-state index in [2.05, 4.69) is 5.32 Å². The summed E-state index contributed by atoms with van der Waals surface area (Å²) in [6.45, 7) is 1.98. The van der Waals surface area contributed by atoms with Gasteiger partial charge >= 0.3 is 0 Å². The van der Waals surface area contributed by atoms with Gasteiger partial charge in [-0.25, -0.2) is 0 Å². The van der Waals surface area contributed by atoms with Gasteiger partial charge in [-0.2, -0.15) is 11.8 Å². The summed E-state index contributed by atoms with van der Waals surface area (Å²) >= 11 is 2.02. The summed E-state index contributed by atoms with van der Waals surface area (Å²) in [5.74, 6) is 0.958. The van der Waals surface area contributed by atoms with E-state index in [1.807, 2.05) is 11.8 Å². The highest BCUT2D eigenvalue weighted by Gasteiger charge is 2.30. The van der Waals surface area contributed by atoms with Crippen LogP contribution in [0.3, 0.4) is 0 Å². The molecule has 3 heteroatoms. The number of hydrogen-bond acceptors (Lipinski definition) is 3. The molecule has 88 valence electrons. The van der Waals surface area contributed by atoms with Crippen LogP contribution in [0.15, 0.2) is 0 Å². The van der Waals surface area contributed by atoms with Crippen LogP contribution in [0.1, 0.15) is 44.9 Å². The second-order valence-corrected chi connectivity index (χ2v) is 6.33. The molecule has 2 rings (SSSR count). The fourth-order valence-electron chi connectivity index (χ4n) is 2.54. The van der Waals surface area contributed by atoms with E-state index in [0.29, 0.717) is 0 Å². The monoisotopic (exact) mass is 229 g/mol. The molecule has 0 unspecified atom stereocenters. The Morgan fingerprint density at radius 1 is 1.13 bits per heavy atom. The van der Waals surface area contributed by atoms with Crippen LogP contribution < -0.4 is 5.32 Å². The van der Waals surface area contributed by atoms with Crippen LogP contribution in [0, 0.1) is 0 Å². The summed E-state index contributed by atoms with van der Waals surface area (Å²) in [6.07, 6.45) is 8.85. The third-order valence-electron chi connectivity index (χ3n) is 3.67. The first-order valence-corrected chi connectivity index (χ1v) is 7.38. The van der Waals surface area contributed by atoms with Gasteiger partial charge in [0.15, 0.2) is 0 Å². The summed E-state index contributed by atoms with van der Waals surface area (Å²) in [5, 5.41) is 14.5. The minimum Gasteiger partial charge on any atom is -0.389 e. The van der Waals surface area contributed by atoms with Crippen LogP contribution in [-0.2, 0) is 0 Å². The normalized spacial score (nSPS) is 27.8. The lowest BCUT2D eigenvalue weighted by atomic mass is 9.95. The Morgan fingerprint density at radius 2 is 1.80 bits per heavy atom. The Hall–Kier alpha value is 0.270. The summed E-state index contributed by atoms with van der Waals surface area (Å²) in [4.78, 5) is 0. The SMILES string of the molecule is OC1(CSC2CCCCC2)CCNCC1. The van der Waals surface area contributed by atoms with E-state index in [0.717, 1.165) is 36.9 Å². The molecular weight excluding hydrogens is 206 g/mol. The fourth-order valence-corrected chi connectivity index (χ4v) is 4.04. The molecule has 2 N–H and O–H groups in total. The minimum absolute atomic E-state index is 0.368. The lowest BCUT2D eigenvalue weighted by Gasteiger charge is -2.34. The summed E-state index contributed by atoms with van der Waals surface area (Å²) in [6, 6.07) is 0. The van der Waals surface area contributed by atoms with E-state index in [1.165, 1.54) is 32.1 Å². The molecule has 15 heavy (non-hydrogen) atoms. The number of thioether (sulfide) groups is 1. The third-order valence-corrected chi connectivity index (χ3v) is 5.32. The van der Waals surface area contributed by atoms with Gasteiger partial charge < -0.3 is 10.4 Å². The molecule has 0 radical (unpaired) electrons. The molecule has 1 saturated carbocycles. The van der Waals surface area contributed by atoms with Crippen molar-refractivity contribution in [2.75, 3.05) is 18.8 Å². The van der Waals surface area contributed by atoms with Gasteiger partial charge in [0.25, 0.3) is 0 Å². The molecule has 2 nitrogen and oxygen atoms in total. The minimum atomic E-state index is -0.368. The zero-order valence-corrected chi connectivity index (χ0v) is 10.3. The molecule has 0 spiro atoms. The number of rotatable bonds is 3. The van der Waals surface area contributed by atoms with Gasteiger partial charge in [0.05, 0.1) is 5.60 Å². The van der Waals surface area contributed by atoms with Gasteiger partial charge in [0, 0.05) is 11.0 Å². The molecule has 2 aliphatic rings. The molecule has 1 heterocycles. The van der Waals surface area contributed by atoms with Gasteiger partial charge in [0.1, 0.15) is 0 Å². The van der Waals surface area contributed by atoms with Crippen molar-refractivity contribution in [2.45, 2.75) is 55.8 Å². The molecular formula is C12H23NOS. The van der Waals surface area contributed by atoms with Crippen molar-refractivity contribution in [3.63, 3.8) is 0 Å². The third kappa shape index (κ3) is 3.65. The number of nitrogens with one attached hydrogen (secondary N) is 1. The molecule has 2 fully saturated rings. The Kier molecular flexibility index (Phi) is 4.35. The van der Waals surface area contributed by atoms with Crippen LogP contribution in [-0.4, -0.2) is 34.8 Å². The molecule has 1 aliphatic heterocycles. The van der Waals surface area contributed by atoms with Crippen molar-refractivity contribution in [3.05, 3.63) is 0 Å². The first-order valence-electron chi connectivity index (χ1n) is 6.33. The van der Waals surface area contributed by atoms with Crippen LogP contribution in [0.2, 0.25) is 0 Å². The molecule has 0 aromatic carbocycles. The highest BCUT2D eigenvalue weighted by Crippen LogP contribution is 2.32. The highest BCUT2D eigenvalue weighted by atomic mass is 32.2. The highest BCUT2D eigenvalue weighted by molar-refractivity contribution is 7.99. The average Bonchev–Trinajstić information content (AvgIpc) is 2.29. The summed E-state index contributed by atoms with van der Waals surface area (Å²) in [5.41, 5.74) is -0.368. The quantitative estimate of drug-likeness (QED) is 0.778. The lowest BCUT2D eigenvalue weighted by Crippen LogP contribution is -2.44. The zero-order valence-electron chi connectivity index (χ0n) is 9.50. The van der Waals surface area contributed by atoms with E-state index in [4.69, 9.17) is 0 Å². The number of piperidine rings is 1. The Balaban J connectivity index is 1.70. The molecule has 0 atom stereocenters. The standard InChI is InChI=1S/C12H23NOS/c14-12(6-8-13-9-7-12)10-15-11-4-2-1-3-5-11/h11,13-14H,1-10H2. The Morgan fingerprint density at radius 3 is 2.47 bits per heavy atom. The Bertz CT molecular complexity index is 186. The van der Waals surface area contributed by atoms with Crippen molar-refractivity contribution < 1.29 is 5.11 Å². The molecule has 0 aromatic heterocycles. The predicted molar refractivity (Wildman–Crippen MR) is 66.4 cm³/mol. The van der Waals surface area contributed by atoms with E-state index in [9.17, 15) is 5.11 Å². The van der Waals surface area contributed by atoms with Gasteiger partial charge in [-0.1, -0.05) is 19.3 Å². The number of hydrogen-bond donors (Lipinski definition) is 2. The zero-order chi connectivity index (χ0) is 10.6. The van der Waals surface area contributed by atoms with Crippen molar-refractivity contribution >= 4 is 11.8 Å². The first-order chi connectivity index (χ1) is 7.29. The van der Waals surface area contributed by atoms with Gasteiger partial charge in [-0.3, -0.25) is 0 Å². The maximum Gasteiger partial charge on any atom is 0.0762 e. The average molecular weight is 229 g/mol. The number of aliphatic hydroxyl groups is 1. The molecule has 0 amide bonds. The fraction of sp³-hybridized carbons (Fsp3) is 1.00. The van der Waals surface area contributed by atoms with E-state index >= 15 is 0 Å². The molecule has 1 aliphatic carbocycles. The second-order valence-electron chi connectivity index (χ2n) is 5.05. The Labute approximate surface area is 97.2 Å². The maximum absolute atomic E-state index is 10.3. The van der Waals surface area contributed by atoms with E-state index in [1.54, 1.807) is 0 Å². The van der Waals surface area contributed by atoms with Gasteiger partial charge in [-0.15, -0.1) is 0 Å². The largest absolute Gasteiger partial charge is 0.389 e. The van der Waals surface area contributed by atoms with Crippen LogP contribution in [0.4, 0.5) is 0 Å². The van der Waals surface area contributed by atoms with Gasteiger partial charge in [-0.05, 0) is 38.8 Å². The first kappa shape index (κ1) is 11.7. The van der Waals surface area contributed by atoms with E-state index < -0.39 is 0 Å². The maximum atomic E-state index is 10.3. The predicted octanol–water partition coefficient (Wildman–Crippen LogP) is 2.17. The van der Waals surface area contributed by atoms with Crippen molar-refractivity contribution in [1.82, 2.24) is 5.32 Å². The van der Waals surface area contributed by atoms with Gasteiger partial charge in [0.2, 0.25) is 0 Å². The van der Waals surface area contributed by atoms with Crippen molar-refractivity contribution in [1.29, 1.82) is 0 Å². The van der Waals surface area contributed by atoms with Crippen molar-refractivity contribution in [2.24, 2.45) is 0 Å². The summed E-state index contributed by atoms with van der Waals surface area (Å²) < 4.78 is 0. The second kappa shape index (κ2) is 5.55. The lowest BCUT2D eigenvalue weighted by molar-refractivity contribution is 0.0338. The van der Waals surface area contributed by atoms with Crippen LogP contribution in [0.5, 0.6) is 0 Å². The smallest absolute Gasteiger partial charge is 0.0762 e. The molecule has 0 bridgehead atoms. The molecule has 0 aromatic rings. The van der Waals surface area contributed by atoms with E-state index in [-0.39, 0.29) is 5.60 Å².